The van der Waals surface area contributed by atoms with Gasteiger partial charge in [0, 0.05) is 49.3 Å². The number of carbonyl (C=O) groups excluding carboxylic acids is 2. The van der Waals surface area contributed by atoms with E-state index in [1.807, 2.05) is 44.9 Å². The lowest BCUT2D eigenvalue weighted by molar-refractivity contribution is -0.144. The standard InChI is InChI=1S/C24H33FN4O2/c1-24(2,3)23(31)29-13-10-17(11-14-29)22(30)28(4)12-6-9-20-16-21(27-26-20)18-7-5-8-19(25)15-18/h5,7-8,15-17H,6,9-14H2,1-4H3,(H,26,27). The zero-order valence-corrected chi connectivity index (χ0v) is 18.9. The lowest BCUT2D eigenvalue weighted by atomic mass is 9.90. The Morgan fingerprint density at radius 2 is 1.94 bits per heavy atom. The molecule has 2 aromatic rings. The molecule has 0 bridgehead atoms. The lowest BCUT2D eigenvalue weighted by Gasteiger charge is -2.36. The Morgan fingerprint density at radius 3 is 2.58 bits per heavy atom. The Kier molecular flexibility index (Phi) is 7.13. The van der Waals surface area contributed by atoms with Gasteiger partial charge in [0.25, 0.3) is 0 Å². The molecule has 0 unspecified atom stereocenters. The molecule has 1 aromatic heterocycles. The molecule has 1 N–H and O–H groups in total. The van der Waals surface area contributed by atoms with Crippen LogP contribution in [0.1, 0.15) is 45.7 Å². The summed E-state index contributed by atoms with van der Waals surface area (Å²) >= 11 is 0. The predicted molar refractivity (Wildman–Crippen MR) is 119 cm³/mol. The van der Waals surface area contributed by atoms with Crippen LogP contribution < -0.4 is 0 Å². The number of likely N-dealkylation sites (tertiary alicyclic amines) is 1. The fourth-order valence-electron chi connectivity index (χ4n) is 4.02. The van der Waals surface area contributed by atoms with E-state index in [1.54, 1.807) is 11.0 Å². The highest BCUT2D eigenvalue weighted by atomic mass is 19.1. The maximum atomic E-state index is 13.4. The Hall–Kier alpha value is -2.70. The van der Waals surface area contributed by atoms with Crippen LogP contribution in [0, 0.1) is 17.2 Å². The number of halogens is 1. The summed E-state index contributed by atoms with van der Waals surface area (Å²) in [6.07, 6.45) is 3.03. The molecule has 31 heavy (non-hydrogen) atoms. The normalized spacial score (nSPS) is 15.2. The first-order chi connectivity index (χ1) is 14.6. The van der Waals surface area contributed by atoms with Crippen LogP contribution in [0.25, 0.3) is 11.3 Å². The van der Waals surface area contributed by atoms with Crippen molar-refractivity contribution >= 4 is 11.8 Å². The third-order valence-electron chi connectivity index (χ3n) is 5.84. The van der Waals surface area contributed by atoms with Gasteiger partial charge in [-0.3, -0.25) is 14.7 Å². The van der Waals surface area contributed by atoms with E-state index in [-0.39, 0.29) is 29.0 Å². The highest BCUT2D eigenvalue weighted by molar-refractivity contribution is 5.82. The number of hydrogen-bond acceptors (Lipinski definition) is 3. The van der Waals surface area contributed by atoms with Gasteiger partial charge in [-0.05, 0) is 43.9 Å². The Morgan fingerprint density at radius 1 is 1.23 bits per heavy atom. The largest absolute Gasteiger partial charge is 0.346 e. The molecule has 0 atom stereocenters. The first-order valence-corrected chi connectivity index (χ1v) is 11.0. The number of rotatable bonds is 6. The molecule has 0 aliphatic carbocycles. The molecular formula is C24H33FN4O2. The number of aromatic amines is 1. The number of H-pyrrole nitrogens is 1. The van der Waals surface area contributed by atoms with Gasteiger partial charge in [0.2, 0.25) is 11.8 Å². The molecule has 0 saturated carbocycles. The molecule has 1 aliphatic rings. The Balaban J connectivity index is 1.44. The van der Waals surface area contributed by atoms with E-state index in [0.717, 1.165) is 42.6 Å². The van der Waals surface area contributed by atoms with Crippen LogP contribution in [0.4, 0.5) is 4.39 Å². The van der Waals surface area contributed by atoms with Crippen molar-refractivity contribution in [2.24, 2.45) is 11.3 Å². The van der Waals surface area contributed by atoms with Crippen LogP contribution >= 0.6 is 0 Å². The maximum Gasteiger partial charge on any atom is 0.227 e. The summed E-state index contributed by atoms with van der Waals surface area (Å²) in [5, 5.41) is 7.27. The van der Waals surface area contributed by atoms with E-state index < -0.39 is 0 Å². The van der Waals surface area contributed by atoms with Gasteiger partial charge in [-0.15, -0.1) is 0 Å². The predicted octanol–water partition coefficient (Wildman–Crippen LogP) is 3.89. The average Bonchev–Trinajstić information content (AvgIpc) is 3.21. The summed E-state index contributed by atoms with van der Waals surface area (Å²) in [5.41, 5.74) is 2.05. The molecule has 3 rings (SSSR count). The van der Waals surface area contributed by atoms with E-state index in [9.17, 15) is 14.0 Å². The smallest absolute Gasteiger partial charge is 0.227 e. The van der Waals surface area contributed by atoms with Gasteiger partial charge in [0.05, 0.1) is 5.69 Å². The summed E-state index contributed by atoms with van der Waals surface area (Å²) < 4.78 is 13.4. The SMILES string of the molecule is CN(CCCc1cc(-c2cccc(F)c2)n[nH]1)C(=O)C1CCN(C(=O)C(C)(C)C)CC1. The molecule has 0 spiro atoms. The van der Waals surface area contributed by atoms with Gasteiger partial charge in [-0.2, -0.15) is 5.10 Å². The Labute approximate surface area is 183 Å². The van der Waals surface area contributed by atoms with Gasteiger partial charge in [-0.25, -0.2) is 4.39 Å². The molecule has 2 amide bonds. The molecule has 2 heterocycles. The number of aryl methyl sites for hydroxylation is 1. The summed E-state index contributed by atoms with van der Waals surface area (Å²) in [6.45, 7) is 7.76. The molecule has 0 radical (unpaired) electrons. The Bertz CT molecular complexity index is 910. The van der Waals surface area contributed by atoms with Gasteiger partial charge in [0.1, 0.15) is 5.82 Å². The molecule has 1 fully saturated rings. The fourth-order valence-corrected chi connectivity index (χ4v) is 4.02. The quantitative estimate of drug-likeness (QED) is 0.759. The van der Waals surface area contributed by atoms with Crippen molar-refractivity contribution in [1.82, 2.24) is 20.0 Å². The molecular weight excluding hydrogens is 395 g/mol. The highest BCUT2D eigenvalue weighted by Gasteiger charge is 2.33. The molecule has 6 nitrogen and oxygen atoms in total. The molecule has 1 aliphatic heterocycles. The monoisotopic (exact) mass is 428 g/mol. The van der Waals surface area contributed by atoms with Crippen molar-refractivity contribution in [3.63, 3.8) is 0 Å². The molecule has 168 valence electrons. The topological polar surface area (TPSA) is 69.3 Å². The van der Waals surface area contributed by atoms with Crippen molar-refractivity contribution in [3.8, 4) is 11.3 Å². The number of benzene rings is 1. The fraction of sp³-hybridized carbons (Fsp3) is 0.542. The average molecular weight is 429 g/mol. The van der Waals surface area contributed by atoms with Crippen LogP contribution in [0.15, 0.2) is 30.3 Å². The number of aromatic nitrogens is 2. The molecule has 7 heteroatoms. The van der Waals surface area contributed by atoms with E-state index >= 15 is 0 Å². The summed E-state index contributed by atoms with van der Waals surface area (Å²) in [6, 6.07) is 8.31. The first kappa shape index (κ1) is 23.0. The van der Waals surface area contributed by atoms with Crippen molar-refractivity contribution in [2.45, 2.75) is 46.5 Å². The first-order valence-electron chi connectivity index (χ1n) is 11.0. The van der Waals surface area contributed by atoms with Crippen molar-refractivity contribution in [1.29, 1.82) is 0 Å². The van der Waals surface area contributed by atoms with E-state index in [2.05, 4.69) is 10.2 Å². The van der Waals surface area contributed by atoms with E-state index in [0.29, 0.717) is 19.6 Å². The van der Waals surface area contributed by atoms with Crippen molar-refractivity contribution < 1.29 is 14.0 Å². The zero-order valence-electron chi connectivity index (χ0n) is 18.9. The van der Waals surface area contributed by atoms with Crippen LogP contribution in [-0.2, 0) is 16.0 Å². The number of nitrogens with one attached hydrogen (secondary N) is 1. The minimum Gasteiger partial charge on any atom is -0.346 e. The zero-order chi connectivity index (χ0) is 22.6. The van der Waals surface area contributed by atoms with Crippen LogP contribution in [-0.4, -0.2) is 58.5 Å². The highest BCUT2D eigenvalue weighted by Crippen LogP contribution is 2.25. The summed E-state index contributed by atoms with van der Waals surface area (Å²) in [7, 11) is 1.85. The maximum absolute atomic E-state index is 13.4. The summed E-state index contributed by atoms with van der Waals surface area (Å²) in [5.74, 6) is 0.0217. The van der Waals surface area contributed by atoms with Crippen LogP contribution in [0.2, 0.25) is 0 Å². The molecule has 1 aromatic carbocycles. The third kappa shape index (κ3) is 5.93. The second-order valence-corrected chi connectivity index (χ2v) is 9.47. The summed E-state index contributed by atoms with van der Waals surface area (Å²) in [4.78, 5) is 28.9. The minimum absolute atomic E-state index is 0.0132. The lowest BCUT2D eigenvalue weighted by Crippen LogP contribution is -2.47. The van der Waals surface area contributed by atoms with Crippen molar-refractivity contribution in [2.75, 3.05) is 26.7 Å². The van der Waals surface area contributed by atoms with Crippen LogP contribution in [0.3, 0.4) is 0 Å². The number of hydrogen-bond donors (Lipinski definition) is 1. The van der Waals surface area contributed by atoms with Gasteiger partial charge in [-0.1, -0.05) is 32.9 Å². The minimum atomic E-state index is -0.380. The van der Waals surface area contributed by atoms with Crippen LogP contribution in [0.5, 0.6) is 0 Å². The second kappa shape index (κ2) is 9.62. The second-order valence-electron chi connectivity index (χ2n) is 9.47. The number of carbonyl (C=O) groups is 2. The number of piperidine rings is 1. The van der Waals surface area contributed by atoms with Gasteiger partial charge in [0.15, 0.2) is 0 Å². The van der Waals surface area contributed by atoms with Gasteiger partial charge < -0.3 is 9.80 Å². The van der Waals surface area contributed by atoms with E-state index in [4.69, 9.17) is 0 Å². The number of nitrogens with zero attached hydrogens (tertiary/aromatic N) is 3. The van der Waals surface area contributed by atoms with E-state index in [1.165, 1.54) is 12.1 Å². The van der Waals surface area contributed by atoms with Gasteiger partial charge >= 0.3 is 0 Å². The third-order valence-corrected chi connectivity index (χ3v) is 5.84. The van der Waals surface area contributed by atoms with Crippen molar-refractivity contribution in [3.05, 3.63) is 41.8 Å². The number of amides is 2. The molecule has 1 saturated heterocycles.